The van der Waals surface area contributed by atoms with Crippen LogP contribution in [0.15, 0.2) is 47.4 Å². The average molecular weight is 447 g/mol. The molecule has 2 aromatic rings. The molecule has 1 aliphatic rings. The third kappa shape index (κ3) is 3.97. The molecular formula is C22H26N2O6S. The molecule has 0 unspecified atom stereocenters. The number of methoxy groups -OCH3 is 2. The highest BCUT2D eigenvalue weighted by atomic mass is 32.2. The summed E-state index contributed by atoms with van der Waals surface area (Å²) < 4.78 is 34.1. The minimum Gasteiger partial charge on any atom is -0.493 e. The van der Waals surface area contributed by atoms with Crippen molar-refractivity contribution in [3.05, 3.63) is 53.6 Å². The average Bonchev–Trinajstić information content (AvgIpc) is 2.98. The predicted molar refractivity (Wildman–Crippen MR) is 115 cm³/mol. The Balaban J connectivity index is 1.98. The summed E-state index contributed by atoms with van der Waals surface area (Å²) in [5.41, 5.74) is -0.0693. The maximum atomic E-state index is 13.4. The van der Waals surface area contributed by atoms with Gasteiger partial charge in [-0.2, -0.15) is 0 Å². The number of nitrogens with zero attached hydrogens (tertiary/aromatic N) is 1. The molecule has 9 heteroatoms. The number of amides is 3. The van der Waals surface area contributed by atoms with Gasteiger partial charge in [-0.05, 0) is 48.7 Å². The molecule has 8 nitrogen and oxygen atoms in total. The third-order valence-electron chi connectivity index (χ3n) is 5.57. The Bertz CT molecular complexity index is 1110. The van der Waals surface area contributed by atoms with E-state index in [9.17, 15) is 18.0 Å². The molecule has 1 fully saturated rings. The fraction of sp³-hybridized carbons (Fsp3) is 0.364. The second-order valence-corrected chi connectivity index (χ2v) is 9.58. The van der Waals surface area contributed by atoms with Crippen LogP contribution in [0.25, 0.3) is 0 Å². The van der Waals surface area contributed by atoms with Crippen LogP contribution in [0.1, 0.15) is 37.4 Å². The van der Waals surface area contributed by atoms with Gasteiger partial charge in [-0.1, -0.05) is 25.1 Å². The van der Waals surface area contributed by atoms with Crippen molar-refractivity contribution in [2.45, 2.75) is 36.7 Å². The maximum absolute atomic E-state index is 13.4. The molecule has 0 radical (unpaired) electrons. The van der Waals surface area contributed by atoms with E-state index in [-0.39, 0.29) is 4.90 Å². The molecule has 0 spiro atoms. The second-order valence-electron chi connectivity index (χ2n) is 7.57. The van der Waals surface area contributed by atoms with E-state index in [2.05, 4.69) is 5.32 Å². The first-order chi connectivity index (χ1) is 14.6. The van der Waals surface area contributed by atoms with E-state index in [4.69, 9.17) is 9.47 Å². The van der Waals surface area contributed by atoms with E-state index in [1.807, 2.05) is 6.92 Å². The normalized spacial score (nSPS) is 19.8. The van der Waals surface area contributed by atoms with Crippen LogP contribution in [0.2, 0.25) is 0 Å². The highest BCUT2D eigenvalue weighted by Gasteiger charge is 2.51. The van der Waals surface area contributed by atoms with Crippen LogP contribution in [-0.2, 0) is 20.2 Å². The minimum absolute atomic E-state index is 0.144. The first-order valence-electron chi connectivity index (χ1n) is 9.75. The van der Waals surface area contributed by atoms with Gasteiger partial charge in [0.05, 0.1) is 25.2 Å². The monoisotopic (exact) mass is 446 g/mol. The van der Waals surface area contributed by atoms with Gasteiger partial charge in [0.25, 0.3) is 5.91 Å². The Labute approximate surface area is 182 Å². The van der Waals surface area contributed by atoms with Crippen molar-refractivity contribution in [3.63, 3.8) is 0 Å². The minimum atomic E-state index is -3.37. The Morgan fingerprint density at radius 1 is 1.03 bits per heavy atom. The lowest BCUT2D eigenvalue weighted by Crippen LogP contribution is -2.41. The molecule has 0 saturated carbocycles. The van der Waals surface area contributed by atoms with E-state index >= 15 is 0 Å². The van der Waals surface area contributed by atoms with E-state index in [0.717, 1.165) is 11.8 Å². The van der Waals surface area contributed by atoms with Crippen molar-refractivity contribution >= 4 is 21.8 Å². The zero-order valence-corrected chi connectivity index (χ0v) is 18.9. The first kappa shape index (κ1) is 22.6. The number of carbonyl (C=O) groups excluding carboxylic acids is 2. The molecule has 166 valence electrons. The lowest BCUT2D eigenvalue weighted by molar-refractivity contribution is -0.132. The largest absolute Gasteiger partial charge is 0.493 e. The van der Waals surface area contributed by atoms with E-state index in [1.54, 1.807) is 37.3 Å². The quantitative estimate of drug-likeness (QED) is 0.656. The van der Waals surface area contributed by atoms with Gasteiger partial charge in [-0.3, -0.25) is 9.69 Å². The zero-order chi connectivity index (χ0) is 23.0. The number of benzene rings is 2. The van der Waals surface area contributed by atoms with Gasteiger partial charge in [0.1, 0.15) is 5.54 Å². The second kappa shape index (κ2) is 8.22. The number of nitrogens with one attached hydrogen (secondary N) is 1. The first-order valence-corrected chi connectivity index (χ1v) is 11.6. The van der Waals surface area contributed by atoms with E-state index in [1.165, 1.54) is 31.3 Å². The Morgan fingerprint density at radius 2 is 1.65 bits per heavy atom. The number of hydrogen-bond acceptors (Lipinski definition) is 6. The lowest BCUT2D eigenvalue weighted by Gasteiger charge is -2.27. The van der Waals surface area contributed by atoms with Crippen LogP contribution in [0.3, 0.4) is 0 Å². The standard InChI is InChI=1S/C22H26N2O6S/c1-6-17(14-7-12-18(29-3)19(13-14)30-4)24-20(25)22(2,23-21(24)26)15-8-10-16(11-9-15)31(5,27)28/h7-13,17H,6H2,1-5H3,(H,23,26)/t17-,22-/m1/s1. The van der Waals surface area contributed by atoms with Gasteiger partial charge in [-0.25, -0.2) is 13.2 Å². The van der Waals surface area contributed by atoms with Crippen molar-refractivity contribution in [2.75, 3.05) is 20.5 Å². The SMILES string of the molecule is CC[C@H](c1ccc(OC)c(OC)c1)N1C(=O)N[C@](C)(c2ccc(S(C)(=O)=O)cc2)C1=O. The van der Waals surface area contributed by atoms with E-state index in [0.29, 0.717) is 23.5 Å². The summed E-state index contributed by atoms with van der Waals surface area (Å²) in [6, 6.07) is 10.2. The van der Waals surface area contributed by atoms with Gasteiger partial charge in [-0.15, -0.1) is 0 Å². The Hall–Kier alpha value is -3.07. The van der Waals surface area contributed by atoms with Crippen LogP contribution in [0.4, 0.5) is 4.79 Å². The van der Waals surface area contributed by atoms with Gasteiger partial charge in [0.15, 0.2) is 21.3 Å². The molecule has 3 rings (SSSR count). The van der Waals surface area contributed by atoms with Crippen LogP contribution in [-0.4, -0.2) is 45.7 Å². The van der Waals surface area contributed by atoms with Crippen LogP contribution >= 0.6 is 0 Å². The molecule has 1 saturated heterocycles. The molecule has 0 bridgehead atoms. The number of ether oxygens (including phenoxy) is 2. The van der Waals surface area contributed by atoms with Crippen molar-refractivity contribution in [2.24, 2.45) is 0 Å². The molecular weight excluding hydrogens is 420 g/mol. The summed E-state index contributed by atoms with van der Waals surface area (Å²) in [5.74, 6) is 0.643. The van der Waals surface area contributed by atoms with Crippen LogP contribution in [0, 0.1) is 0 Å². The van der Waals surface area contributed by atoms with Gasteiger partial charge < -0.3 is 14.8 Å². The van der Waals surface area contributed by atoms with E-state index < -0.39 is 33.4 Å². The van der Waals surface area contributed by atoms with Crippen molar-refractivity contribution in [3.8, 4) is 11.5 Å². The van der Waals surface area contributed by atoms with Crippen LogP contribution in [0.5, 0.6) is 11.5 Å². The Morgan fingerprint density at radius 3 is 2.16 bits per heavy atom. The summed E-state index contributed by atoms with van der Waals surface area (Å²) in [6.07, 6.45) is 1.61. The third-order valence-corrected chi connectivity index (χ3v) is 6.70. The van der Waals surface area contributed by atoms with Gasteiger partial charge in [0, 0.05) is 6.26 Å². The van der Waals surface area contributed by atoms with Crippen LogP contribution < -0.4 is 14.8 Å². The highest BCUT2D eigenvalue weighted by Crippen LogP contribution is 2.38. The Kier molecular flexibility index (Phi) is 6.00. The summed E-state index contributed by atoms with van der Waals surface area (Å²) in [4.78, 5) is 27.7. The number of urea groups is 1. The van der Waals surface area contributed by atoms with Crippen molar-refractivity contribution < 1.29 is 27.5 Å². The maximum Gasteiger partial charge on any atom is 0.325 e. The molecule has 1 aliphatic heterocycles. The molecule has 2 aromatic carbocycles. The number of rotatable bonds is 7. The number of carbonyl (C=O) groups is 2. The number of imide groups is 1. The molecule has 0 aliphatic carbocycles. The zero-order valence-electron chi connectivity index (χ0n) is 18.1. The van der Waals surface area contributed by atoms with Crippen molar-refractivity contribution in [1.29, 1.82) is 0 Å². The smallest absolute Gasteiger partial charge is 0.325 e. The summed E-state index contributed by atoms with van der Waals surface area (Å²) in [5, 5.41) is 2.77. The molecule has 2 atom stereocenters. The highest BCUT2D eigenvalue weighted by molar-refractivity contribution is 7.90. The fourth-order valence-corrected chi connectivity index (χ4v) is 4.43. The molecule has 1 N–H and O–H groups in total. The van der Waals surface area contributed by atoms with Crippen molar-refractivity contribution in [1.82, 2.24) is 10.2 Å². The lowest BCUT2D eigenvalue weighted by atomic mass is 9.91. The van der Waals surface area contributed by atoms with Gasteiger partial charge in [0.2, 0.25) is 0 Å². The summed E-state index contributed by atoms with van der Waals surface area (Å²) >= 11 is 0. The molecule has 31 heavy (non-hydrogen) atoms. The number of hydrogen-bond donors (Lipinski definition) is 1. The molecule has 1 heterocycles. The number of sulfone groups is 1. The molecule has 0 aromatic heterocycles. The summed E-state index contributed by atoms with van der Waals surface area (Å²) in [6.45, 7) is 3.50. The summed E-state index contributed by atoms with van der Waals surface area (Å²) in [7, 11) is -0.313. The topological polar surface area (TPSA) is 102 Å². The van der Waals surface area contributed by atoms with Gasteiger partial charge >= 0.3 is 6.03 Å². The molecule has 3 amide bonds. The predicted octanol–water partition coefficient (Wildman–Crippen LogP) is 3.03. The fourth-order valence-electron chi connectivity index (χ4n) is 3.80.